The number of ether oxygens (including phenoxy) is 5. The summed E-state index contributed by atoms with van der Waals surface area (Å²) in [6.07, 6.45) is 3.75. The van der Waals surface area contributed by atoms with E-state index in [1.54, 1.807) is 14.2 Å². The molecule has 1 N–H and O–H groups in total. The molecular formula is C23H39NO6. The summed E-state index contributed by atoms with van der Waals surface area (Å²) < 4.78 is 29.2. The van der Waals surface area contributed by atoms with Crippen molar-refractivity contribution in [3.05, 3.63) is 11.6 Å². The van der Waals surface area contributed by atoms with Crippen LogP contribution in [0.5, 0.6) is 0 Å². The first kappa shape index (κ1) is 23.5. The topological polar surface area (TPSA) is 81.9 Å². The maximum Gasteiger partial charge on any atom is 0.407 e. The molecule has 172 valence electrons. The second-order valence-electron chi connectivity index (χ2n) is 9.77. The molecule has 2 heterocycles. The van der Waals surface area contributed by atoms with Gasteiger partial charge in [0, 0.05) is 14.2 Å². The van der Waals surface area contributed by atoms with E-state index < -0.39 is 6.09 Å². The summed E-state index contributed by atoms with van der Waals surface area (Å²) in [5.74, 6) is 0.268. The number of methoxy groups -OCH3 is 2. The highest BCUT2D eigenvalue weighted by Gasteiger charge is 2.72. The van der Waals surface area contributed by atoms with Crippen LogP contribution in [0.25, 0.3) is 0 Å². The predicted molar refractivity (Wildman–Crippen MR) is 113 cm³/mol. The van der Waals surface area contributed by atoms with Crippen LogP contribution in [0.2, 0.25) is 0 Å². The molecule has 3 rings (SSSR count). The third-order valence-electron chi connectivity index (χ3n) is 6.95. The molecule has 7 atom stereocenters. The molecule has 0 aromatic heterocycles. The SMILES string of the molecule is COCC(NC(=O)OC1CCC2(CO2)C(C2(C)OC2CC=C(C)C)C1OC)C(C)C. The number of carbonyl (C=O) groups excluding carboxylic acids is 1. The lowest BCUT2D eigenvalue weighted by Gasteiger charge is -2.42. The second-order valence-corrected chi connectivity index (χ2v) is 9.77. The molecule has 1 amide bonds. The summed E-state index contributed by atoms with van der Waals surface area (Å²) in [7, 11) is 3.32. The van der Waals surface area contributed by atoms with Crippen LogP contribution in [0, 0.1) is 11.8 Å². The van der Waals surface area contributed by atoms with E-state index in [9.17, 15) is 4.79 Å². The molecule has 7 unspecified atom stereocenters. The fourth-order valence-corrected chi connectivity index (χ4v) is 4.97. The van der Waals surface area contributed by atoms with E-state index in [1.165, 1.54) is 5.57 Å². The van der Waals surface area contributed by atoms with E-state index >= 15 is 0 Å². The van der Waals surface area contributed by atoms with Crippen molar-refractivity contribution in [1.82, 2.24) is 5.32 Å². The summed E-state index contributed by atoms with van der Waals surface area (Å²) in [4.78, 5) is 12.6. The molecule has 30 heavy (non-hydrogen) atoms. The van der Waals surface area contributed by atoms with Crippen LogP contribution in [0.3, 0.4) is 0 Å². The quantitative estimate of drug-likeness (QED) is 0.450. The van der Waals surface area contributed by atoms with Gasteiger partial charge in [-0.05, 0) is 46.0 Å². The molecule has 2 saturated heterocycles. The average molecular weight is 426 g/mol. The number of amides is 1. The normalized spacial score (nSPS) is 38.3. The van der Waals surface area contributed by atoms with Gasteiger partial charge in [0.2, 0.25) is 0 Å². The Bertz CT molecular complexity index is 642. The van der Waals surface area contributed by atoms with Gasteiger partial charge in [0.15, 0.2) is 0 Å². The fraction of sp³-hybridized carbons (Fsp3) is 0.870. The Balaban J connectivity index is 1.69. The van der Waals surface area contributed by atoms with E-state index in [0.717, 1.165) is 12.8 Å². The van der Waals surface area contributed by atoms with Crippen molar-refractivity contribution in [2.45, 2.75) is 89.4 Å². The molecule has 0 bridgehead atoms. The summed E-state index contributed by atoms with van der Waals surface area (Å²) in [6, 6.07) is -0.0984. The minimum absolute atomic E-state index is 0.0250. The smallest absolute Gasteiger partial charge is 0.407 e. The fourth-order valence-electron chi connectivity index (χ4n) is 4.97. The van der Waals surface area contributed by atoms with E-state index in [-0.39, 0.29) is 47.4 Å². The number of hydrogen-bond acceptors (Lipinski definition) is 6. The highest BCUT2D eigenvalue weighted by atomic mass is 16.6. The molecule has 1 spiro atoms. The molecule has 0 aromatic rings. The minimum atomic E-state index is -0.424. The van der Waals surface area contributed by atoms with Gasteiger partial charge in [-0.3, -0.25) is 0 Å². The lowest BCUT2D eigenvalue weighted by atomic mass is 9.68. The molecule has 7 heteroatoms. The van der Waals surface area contributed by atoms with Gasteiger partial charge in [-0.15, -0.1) is 0 Å². The van der Waals surface area contributed by atoms with Crippen molar-refractivity contribution < 1.29 is 28.5 Å². The number of carbonyl (C=O) groups is 1. The number of rotatable bonds is 9. The van der Waals surface area contributed by atoms with Crippen molar-refractivity contribution in [2.75, 3.05) is 27.4 Å². The number of epoxide rings is 2. The van der Waals surface area contributed by atoms with E-state index in [0.29, 0.717) is 19.6 Å². The van der Waals surface area contributed by atoms with E-state index in [2.05, 4.69) is 32.2 Å². The summed E-state index contributed by atoms with van der Waals surface area (Å²) in [5, 5.41) is 2.94. The lowest BCUT2D eigenvalue weighted by molar-refractivity contribution is -0.118. The summed E-state index contributed by atoms with van der Waals surface area (Å²) in [6.45, 7) is 11.6. The van der Waals surface area contributed by atoms with Gasteiger partial charge in [0.25, 0.3) is 0 Å². The van der Waals surface area contributed by atoms with Crippen molar-refractivity contribution in [3.63, 3.8) is 0 Å². The third kappa shape index (κ3) is 4.85. The molecule has 2 aliphatic heterocycles. The van der Waals surface area contributed by atoms with Crippen LogP contribution < -0.4 is 5.32 Å². The Kier molecular flexibility index (Phi) is 7.17. The predicted octanol–water partition coefficient (Wildman–Crippen LogP) is 3.46. The Morgan fingerprint density at radius 1 is 1.30 bits per heavy atom. The van der Waals surface area contributed by atoms with Crippen LogP contribution >= 0.6 is 0 Å². The van der Waals surface area contributed by atoms with Gasteiger partial charge < -0.3 is 29.0 Å². The standard InChI is InChI=1S/C23H39NO6/c1-14(2)8-9-18-22(5,30-18)20-19(27-7)17(10-11-23(20)13-28-23)29-21(25)24-16(12-26-6)15(3)4/h8,15-20H,9-13H2,1-7H3,(H,24,25). The van der Waals surface area contributed by atoms with Crippen LogP contribution in [-0.4, -0.2) is 69.1 Å². The van der Waals surface area contributed by atoms with Gasteiger partial charge >= 0.3 is 6.09 Å². The van der Waals surface area contributed by atoms with Crippen LogP contribution in [0.4, 0.5) is 4.79 Å². The van der Waals surface area contributed by atoms with Crippen molar-refractivity contribution in [3.8, 4) is 0 Å². The first-order valence-electron chi connectivity index (χ1n) is 11.1. The summed E-state index contributed by atoms with van der Waals surface area (Å²) >= 11 is 0. The Morgan fingerprint density at radius 3 is 2.53 bits per heavy atom. The molecule has 1 aliphatic carbocycles. The van der Waals surface area contributed by atoms with E-state index in [4.69, 9.17) is 23.7 Å². The molecule has 1 saturated carbocycles. The zero-order valence-electron chi connectivity index (χ0n) is 19.5. The van der Waals surface area contributed by atoms with Crippen LogP contribution in [-0.2, 0) is 23.7 Å². The van der Waals surface area contributed by atoms with Crippen molar-refractivity contribution in [1.29, 1.82) is 0 Å². The first-order valence-corrected chi connectivity index (χ1v) is 11.1. The maximum atomic E-state index is 12.6. The molecule has 7 nitrogen and oxygen atoms in total. The Labute approximate surface area is 180 Å². The van der Waals surface area contributed by atoms with Gasteiger partial charge in [-0.25, -0.2) is 4.79 Å². The minimum Gasteiger partial charge on any atom is -0.443 e. The van der Waals surface area contributed by atoms with Gasteiger partial charge in [-0.1, -0.05) is 25.5 Å². The molecule has 3 fully saturated rings. The Morgan fingerprint density at radius 2 is 2.00 bits per heavy atom. The molecular weight excluding hydrogens is 386 g/mol. The number of allylic oxidation sites excluding steroid dienone is 1. The zero-order chi connectivity index (χ0) is 22.1. The van der Waals surface area contributed by atoms with Crippen molar-refractivity contribution >= 4 is 6.09 Å². The average Bonchev–Trinajstić information content (AvgIpc) is 3.58. The highest BCUT2D eigenvalue weighted by Crippen LogP contribution is 2.59. The Hall–Kier alpha value is -1.15. The van der Waals surface area contributed by atoms with Crippen molar-refractivity contribution in [2.24, 2.45) is 11.8 Å². The second kappa shape index (κ2) is 9.15. The third-order valence-corrected chi connectivity index (χ3v) is 6.95. The van der Waals surface area contributed by atoms with Gasteiger partial charge in [-0.2, -0.15) is 0 Å². The number of hydrogen-bond donors (Lipinski definition) is 1. The summed E-state index contributed by atoms with van der Waals surface area (Å²) in [5.41, 5.74) is 0.728. The molecule has 3 aliphatic rings. The van der Waals surface area contributed by atoms with E-state index in [1.807, 2.05) is 13.8 Å². The molecule has 0 aromatic carbocycles. The van der Waals surface area contributed by atoms with Crippen LogP contribution in [0.1, 0.15) is 53.9 Å². The maximum absolute atomic E-state index is 12.6. The van der Waals surface area contributed by atoms with Gasteiger partial charge in [0.1, 0.15) is 23.4 Å². The monoisotopic (exact) mass is 425 g/mol. The largest absolute Gasteiger partial charge is 0.443 e. The van der Waals surface area contributed by atoms with Crippen LogP contribution in [0.15, 0.2) is 11.6 Å². The highest BCUT2D eigenvalue weighted by molar-refractivity contribution is 5.68. The molecule has 0 radical (unpaired) electrons. The lowest BCUT2D eigenvalue weighted by Crippen LogP contribution is -2.56. The zero-order valence-corrected chi connectivity index (χ0v) is 19.5. The number of alkyl carbamates (subject to hydrolysis) is 1. The number of nitrogens with one attached hydrogen (secondary N) is 1. The first-order chi connectivity index (χ1) is 14.2. The van der Waals surface area contributed by atoms with Gasteiger partial charge in [0.05, 0.1) is 31.3 Å².